The number of aromatic nitrogens is 2. The number of amides is 2. The number of hydrogen-bond acceptors (Lipinski definition) is 6. The van der Waals surface area contributed by atoms with Gasteiger partial charge in [0.2, 0.25) is 17.6 Å². The van der Waals surface area contributed by atoms with Gasteiger partial charge in [-0.25, -0.2) is 0 Å². The summed E-state index contributed by atoms with van der Waals surface area (Å²) in [5.74, 6) is 1.20. The van der Waals surface area contributed by atoms with Crippen molar-refractivity contribution in [1.29, 1.82) is 0 Å². The Morgan fingerprint density at radius 1 is 1.11 bits per heavy atom. The SMILES string of the molecule is COc1ccc(Cl)cc1C(=O)N1CCC(C(=O)Nc2ccc(-c3noc(C(C)(C)C)n3)cc2)CC1. The number of carbonyl (C=O) groups excluding carboxylic acids is 2. The minimum absolute atomic E-state index is 0.0558. The smallest absolute Gasteiger partial charge is 0.257 e. The Balaban J connectivity index is 1.33. The molecule has 0 spiro atoms. The van der Waals surface area contributed by atoms with Crippen molar-refractivity contribution in [2.24, 2.45) is 5.92 Å². The number of benzene rings is 2. The average molecular weight is 497 g/mol. The number of halogens is 1. The van der Waals surface area contributed by atoms with Gasteiger partial charge in [0, 0.05) is 40.7 Å². The molecule has 1 saturated heterocycles. The standard InChI is InChI=1S/C26H29ClN4O4/c1-26(2,3)25-29-22(30-35-25)16-5-8-19(9-6-16)28-23(32)17-11-13-31(14-12-17)24(33)20-15-18(27)7-10-21(20)34-4/h5-10,15,17H,11-14H2,1-4H3,(H,28,32). The van der Waals surface area contributed by atoms with E-state index in [1.54, 1.807) is 23.1 Å². The highest BCUT2D eigenvalue weighted by Crippen LogP contribution is 2.28. The number of piperidine rings is 1. The van der Waals surface area contributed by atoms with Crippen LogP contribution < -0.4 is 10.1 Å². The number of rotatable bonds is 5. The molecule has 0 bridgehead atoms. The van der Waals surface area contributed by atoms with Gasteiger partial charge in [-0.1, -0.05) is 37.5 Å². The molecule has 1 aliphatic heterocycles. The van der Waals surface area contributed by atoms with Crippen LogP contribution in [0.25, 0.3) is 11.4 Å². The van der Waals surface area contributed by atoms with E-state index in [-0.39, 0.29) is 23.1 Å². The fraction of sp³-hybridized carbons (Fsp3) is 0.385. The van der Waals surface area contributed by atoms with Crippen LogP contribution >= 0.6 is 11.6 Å². The molecule has 0 unspecified atom stereocenters. The number of ether oxygens (including phenoxy) is 1. The third-order valence-electron chi connectivity index (χ3n) is 6.02. The van der Waals surface area contributed by atoms with Crippen LogP contribution in [0.15, 0.2) is 47.0 Å². The first-order valence-corrected chi connectivity index (χ1v) is 11.9. The summed E-state index contributed by atoms with van der Waals surface area (Å²) in [4.78, 5) is 32.0. The van der Waals surface area contributed by atoms with Crippen LogP contribution in [-0.2, 0) is 10.2 Å². The number of nitrogens with zero attached hydrogens (tertiary/aromatic N) is 3. The number of hydrogen-bond donors (Lipinski definition) is 1. The number of anilines is 1. The normalized spacial score (nSPS) is 14.6. The molecule has 0 saturated carbocycles. The first-order valence-electron chi connectivity index (χ1n) is 11.5. The van der Waals surface area contributed by atoms with Crippen molar-refractivity contribution in [2.75, 3.05) is 25.5 Å². The molecule has 0 radical (unpaired) electrons. The van der Waals surface area contributed by atoms with Crippen LogP contribution in [0.4, 0.5) is 5.69 Å². The zero-order chi connectivity index (χ0) is 25.2. The fourth-order valence-electron chi connectivity index (χ4n) is 3.95. The Hall–Kier alpha value is -3.39. The maximum absolute atomic E-state index is 13.0. The molecule has 9 heteroatoms. The lowest BCUT2D eigenvalue weighted by atomic mass is 9.95. The summed E-state index contributed by atoms with van der Waals surface area (Å²) >= 11 is 6.07. The van der Waals surface area contributed by atoms with Gasteiger partial charge in [0.25, 0.3) is 5.91 Å². The van der Waals surface area contributed by atoms with Crippen LogP contribution in [0.3, 0.4) is 0 Å². The van der Waals surface area contributed by atoms with Crippen molar-refractivity contribution in [2.45, 2.75) is 39.0 Å². The van der Waals surface area contributed by atoms with E-state index in [4.69, 9.17) is 20.9 Å². The predicted molar refractivity (Wildman–Crippen MR) is 134 cm³/mol. The van der Waals surface area contributed by atoms with Gasteiger partial charge in [0.05, 0.1) is 12.7 Å². The summed E-state index contributed by atoms with van der Waals surface area (Å²) in [6.45, 7) is 7.01. The highest BCUT2D eigenvalue weighted by atomic mass is 35.5. The second-order valence-corrected chi connectivity index (χ2v) is 10.1. The summed E-state index contributed by atoms with van der Waals surface area (Å²) in [6, 6.07) is 12.3. The molecular formula is C26H29ClN4O4. The molecule has 1 aromatic heterocycles. The maximum Gasteiger partial charge on any atom is 0.257 e. The van der Waals surface area contributed by atoms with Gasteiger partial charge >= 0.3 is 0 Å². The van der Waals surface area contributed by atoms with Gasteiger partial charge in [-0.3, -0.25) is 9.59 Å². The lowest BCUT2D eigenvalue weighted by Gasteiger charge is -2.31. The fourth-order valence-corrected chi connectivity index (χ4v) is 4.13. The first-order chi connectivity index (χ1) is 16.7. The Bertz CT molecular complexity index is 1210. The monoisotopic (exact) mass is 496 g/mol. The molecule has 35 heavy (non-hydrogen) atoms. The molecule has 1 aliphatic rings. The zero-order valence-corrected chi connectivity index (χ0v) is 21.1. The second kappa shape index (κ2) is 10.1. The van der Waals surface area contributed by atoms with Gasteiger partial charge < -0.3 is 19.5 Å². The number of carbonyl (C=O) groups is 2. The Kier molecular flexibility index (Phi) is 7.12. The molecule has 184 valence electrons. The minimum atomic E-state index is -0.223. The lowest BCUT2D eigenvalue weighted by Crippen LogP contribution is -2.41. The highest BCUT2D eigenvalue weighted by molar-refractivity contribution is 6.31. The summed E-state index contributed by atoms with van der Waals surface area (Å²) in [6.07, 6.45) is 1.16. The first kappa shape index (κ1) is 24.7. The number of methoxy groups -OCH3 is 1. The topological polar surface area (TPSA) is 97.6 Å². The van der Waals surface area contributed by atoms with Crippen LogP contribution in [0.1, 0.15) is 49.9 Å². The Morgan fingerprint density at radius 2 is 1.80 bits per heavy atom. The van der Waals surface area contributed by atoms with E-state index in [1.807, 2.05) is 45.0 Å². The van der Waals surface area contributed by atoms with E-state index >= 15 is 0 Å². The van der Waals surface area contributed by atoms with Crippen LogP contribution in [0.2, 0.25) is 5.02 Å². The molecule has 8 nitrogen and oxygen atoms in total. The third-order valence-corrected chi connectivity index (χ3v) is 6.26. The molecule has 2 heterocycles. The molecule has 4 rings (SSSR count). The quantitative estimate of drug-likeness (QED) is 0.522. The van der Waals surface area contributed by atoms with E-state index in [0.29, 0.717) is 59.7 Å². The van der Waals surface area contributed by atoms with E-state index in [2.05, 4.69) is 15.5 Å². The zero-order valence-electron chi connectivity index (χ0n) is 20.3. The Labute approximate surface area is 209 Å². The molecule has 0 atom stereocenters. The summed E-state index contributed by atoms with van der Waals surface area (Å²) in [5, 5.41) is 7.51. The molecular weight excluding hydrogens is 468 g/mol. The molecule has 2 aromatic carbocycles. The van der Waals surface area contributed by atoms with E-state index in [1.165, 1.54) is 7.11 Å². The minimum Gasteiger partial charge on any atom is -0.496 e. The third kappa shape index (κ3) is 5.65. The number of nitrogens with one attached hydrogen (secondary N) is 1. The number of likely N-dealkylation sites (tertiary alicyclic amines) is 1. The molecule has 1 fully saturated rings. The Morgan fingerprint density at radius 3 is 2.40 bits per heavy atom. The summed E-state index contributed by atoms with van der Waals surface area (Å²) < 4.78 is 10.7. The van der Waals surface area contributed by atoms with Gasteiger partial charge in [-0.05, 0) is 55.3 Å². The van der Waals surface area contributed by atoms with Crippen LogP contribution in [0, 0.1) is 5.92 Å². The maximum atomic E-state index is 13.0. The molecule has 1 N–H and O–H groups in total. The van der Waals surface area contributed by atoms with Crippen LogP contribution in [-0.4, -0.2) is 47.1 Å². The summed E-state index contributed by atoms with van der Waals surface area (Å²) in [7, 11) is 1.52. The van der Waals surface area contributed by atoms with Crippen molar-refractivity contribution in [3.05, 3.63) is 58.9 Å². The van der Waals surface area contributed by atoms with Crippen molar-refractivity contribution >= 4 is 29.1 Å². The van der Waals surface area contributed by atoms with Gasteiger partial charge in [0.1, 0.15) is 5.75 Å². The summed E-state index contributed by atoms with van der Waals surface area (Å²) in [5.41, 5.74) is 1.71. The predicted octanol–water partition coefficient (Wildman–Crippen LogP) is 5.19. The van der Waals surface area contributed by atoms with Gasteiger partial charge in [-0.2, -0.15) is 4.98 Å². The molecule has 0 aliphatic carbocycles. The van der Waals surface area contributed by atoms with Crippen molar-refractivity contribution in [1.82, 2.24) is 15.0 Å². The average Bonchev–Trinajstić information content (AvgIpc) is 3.35. The van der Waals surface area contributed by atoms with Crippen molar-refractivity contribution in [3.63, 3.8) is 0 Å². The van der Waals surface area contributed by atoms with Crippen LogP contribution in [0.5, 0.6) is 5.75 Å². The van der Waals surface area contributed by atoms with Gasteiger partial charge in [0.15, 0.2) is 0 Å². The molecule has 2 amide bonds. The van der Waals surface area contributed by atoms with E-state index < -0.39 is 0 Å². The van der Waals surface area contributed by atoms with Crippen molar-refractivity contribution < 1.29 is 18.8 Å². The van der Waals surface area contributed by atoms with E-state index in [9.17, 15) is 9.59 Å². The van der Waals surface area contributed by atoms with Crippen molar-refractivity contribution in [3.8, 4) is 17.1 Å². The largest absolute Gasteiger partial charge is 0.496 e. The lowest BCUT2D eigenvalue weighted by molar-refractivity contribution is -0.121. The van der Waals surface area contributed by atoms with E-state index in [0.717, 1.165) is 5.56 Å². The molecule has 3 aromatic rings. The van der Waals surface area contributed by atoms with Gasteiger partial charge in [-0.15, -0.1) is 0 Å². The highest BCUT2D eigenvalue weighted by Gasteiger charge is 2.29. The second-order valence-electron chi connectivity index (χ2n) is 9.65.